The molecule has 2 aliphatic rings. The zero-order chi connectivity index (χ0) is 16.4. The largest absolute Gasteiger partial charge is 0.354 e. The molecular weight excluding hydrogens is 357 g/mol. The Morgan fingerprint density at radius 3 is 2.52 bits per heavy atom. The van der Waals surface area contributed by atoms with Crippen molar-refractivity contribution in [2.75, 3.05) is 26.2 Å². The van der Waals surface area contributed by atoms with Crippen LogP contribution in [0.3, 0.4) is 0 Å². The molecule has 1 unspecified atom stereocenters. The van der Waals surface area contributed by atoms with Gasteiger partial charge in [-0.3, -0.25) is 9.69 Å². The van der Waals surface area contributed by atoms with Gasteiger partial charge in [-0.2, -0.15) is 0 Å². The topological polar surface area (TPSA) is 44.4 Å². The van der Waals surface area contributed by atoms with Gasteiger partial charge in [0.15, 0.2) is 0 Å². The van der Waals surface area contributed by atoms with Gasteiger partial charge < -0.3 is 10.6 Å². The van der Waals surface area contributed by atoms with Crippen LogP contribution in [0, 0.1) is 11.8 Å². The molecule has 6 heteroatoms. The number of benzene rings is 1. The summed E-state index contributed by atoms with van der Waals surface area (Å²) in [7, 11) is 0. The first-order chi connectivity index (χ1) is 11.0. The molecule has 1 aromatic carbocycles. The van der Waals surface area contributed by atoms with Gasteiger partial charge in [0.25, 0.3) is 0 Å². The summed E-state index contributed by atoms with van der Waals surface area (Å²) >= 11 is 0. The second-order valence-electron chi connectivity index (χ2n) is 7.68. The highest BCUT2D eigenvalue weighted by atomic mass is 35.5. The maximum absolute atomic E-state index is 12.3. The van der Waals surface area contributed by atoms with Crippen molar-refractivity contribution in [2.24, 2.45) is 11.8 Å². The molecule has 1 atom stereocenters. The van der Waals surface area contributed by atoms with E-state index in [1.54, 1.807) is 0 Å². The summed E-state index contributed by atoms with van der Waals surface area (Å²) in [5.74, 6) is 0.802. The summed E-state index contributed by atoms with van der Waals surface area (Å²) in [4.78, 5) is 14.8. The molecule has 4 nitrogen and oxygen atoms in total. The van der Waals surface area contributed by atoms with Crippen molar-refractivity contribution in [1.82, 2.24) is 15.5 Å². The fraction of sp³-hybridized carbons (Fsp3) is 0.632. The Morgan fingerprint density at radius 1 is 1.28 bits per heavy atom. The molecule has 0 bridgehead atoms. The Labute approximate surface area is 163 Å². The molecule has 142 valence electrons. The number of nitrogens with one attached hydrogen (secondary N) is 2. The maximum atomic E-state index is 12.3. The summed E-state index contributed by atoms with van der Waals surface area (Å²) < 4.78 is 0. The smallest absolute Gasteiger partial charge is 0.223 e. The molecule has 0 radical (unpaired) electrons. The molecule has 2 N–H and O–H groups in total. The second kappa shape index (κ2) is 9.22. The SMILES string of the molecule is CC(C(=O)NCC(C)(C)N1CCc2ccccc2C1)C1CNC1.Cl.Cl. The molecule has 0 spiro atoms. The van der Waals surface area contributed by atoms with Gasteiger partial charge in [-0.1, -0.05) is 31.2 Å². The molecule has 1 saturated heterocycles. The molecule has 0 aromatic heterocycles. The lowest BCUT2D eigenvalue weighted by Crippen LogP contribution is -2.55. The molecule has 3 rings (SSSR count). The molecule has 2 aliphatic heterocycles. The molecule has 25 heavy (non-hydrogen) atoms. The summed E-state index contributed by atoms with van der Waals surface area (Å²) in [5.41, 5.74) is 2.86. The molecule has 2 heterocycles. The number of hydrogen-bond acceptors (Lipinski definition) is 3. The van der Waals surface area contributed by atoms with Crippen LogP contribution in [-0.4, -0.2) is 42.5 Å². The van der Waals surface area contributed by atoms with Crippen LogP contribution in [0.25, 0.3) is 0 Å². The fourth-order valence-corrected chi connectivity index (χ4v) is 3.47. The van der Waals surface area contributed by atoms with E-state index in [2.05, 4.69) is 53.6 Å². The number of carbonyl (C=O) groups excluding carboxylic acids is 1. The number of carbonyl (C=O) groups is 1. The summed E-state index contributed by atoms with van der Waals surface area (Å²) in [5, 5.41) is 6.43. The normalized spacial score (nSPS) is 18.8. The Kier molecular flexibility index (Phi) is 8.20. The van der Waals surface area contributed by atoms with Gasteiger partial charge in [-0.15, -0.1) is 24.8 Å². The minimum absolute atomic E-state index is 0. The number of amides is 1. The average molecular weight is 388 g/mol. The summed E-state index contributed by atoms with van der Waals surface area (Å²) in [6.45, 7) is 11.2. The predicted molar refractivity (Wildman–Crippen MR) is 108 cm³/mol. The van der Waals surface area contributed by atoms with E-state index in [0.29, 0.717) is 12.5 Å². The van der Waals surface area contributed by atoms with Crippen LogP contribution in [0.15, 0.2) is 24.3 Å². The first-order valence-corrected chi connectivity index (χ1v) is 8.77. The molecule has 1 amide bonds. The Bertz CT molecular complexity index is 576. The van der Waals surface area contributed by atoms with E-state index in [0.717, 1.165) is 32.6 Å². The average Bonchev–Trinajstić information content (AvgIpc) is 2.50. The third-order valence-corrected chi connectivity index (χ3v) is 5.62. The van der Waals surface area contributed by atoms with Gasteiger partial charge in [0, 0.05) is 31.1 Å². The minimum atomic E-state index is -0.0270. The van der Waals surface area contributed by atoms with Gasteiger partial charge in [-0.25, -0.2) is 0 Å². The van der Waals surface area contributed by atoms with Gasteiger partial charge in [-0.05, 0) is 50.4 Å². The van der Waals surface area contributed by atoms with E-state index < -0.39 is 0 Å². The van der Waals surface area contributed by atoms with E-state index >= 15 is 0 Å². The number of rotatable bonds is 5. The van der Waals surface area contributed by atoms with Crippen molar-refractivity contribution in [2.45, 2.75) is 39.3 Å². The van der Waals surface area contributed by atoms with E-state index in [1.807, 2.05) is 6.92 Å². The number of nitrogens with zero attached hydrogens (tertiary/aromatic N) is 1. The minimum Gasteiger partial charge on any atom is -0.354 e. The number of hydrogen-bond donors (Lipinski definition) is 2. The van der Waals surface area contributed by atoms with Crippen LogP contribution >= 0.6 is 24.8 Å². The molecule has 1 aromatic rings. The second-order valence-corrected chi connectivity index (χ2v) is 7.68. The lowest BCUT2D eigenvalue weighted by molar-refractivity contribution is -0.127. The molecule has 0 aliphatic carbocycles. The highest BCUT2D eigenvalue weighted by Crippen LogP contribution is 2.25. The van der Waals surface area contributed by atoms with E-state index in [1.165, 1.54) is 11.1 Å². The van der Waals surface area contributed by atoms with Crippen LogP contribution in [0.5, 0.6) is 0 Å². The van der Waals surface area contributed by atoms with E-state index in [9.17, 15) is 4.79 Å². The quantitative estimate of drug-likeness (QED) is 0.815. The van der Waals surface area contributed by atoms with Crippen molar-refractivity contribution in [1.29, 1.82) is 0 Å². The maximum Gasteiger partial charge on any atom is 0.223 e. The van der Waals surface area contributed by atoms with Crippen molar-refractivity contribution >= 4 is 30.7 Å². The number of fused-ring (bicyclic) bond motifs is 1. The molecule has 1 fully saturated rings. The van der Waals surface area contributed by atoms with Crippen LogP contribution in [0.2, 0.25) is 0 Å². The van der Waals surface area contributed by atoms with Crippen LogP contribution in [0.4, 0.5) is 0 Å². The highest BCUT2D eigenvalue weighted by Gasteiger charge is 2.32. The standard InChI is InChI=1S/C19H29N3O.2ClH/c1-14(17-10-20-11-17)18(23)21-13-19(2,3)22-9-8-15-6-4-5-7-16(15)12-22;;/h4-7,14,17,20H,8-13H2,1-3H3,(H,21,23);2*1H. The first-order valence-electron chi connectivity index (χ1n) is 8.77. The van der Waals surface area contributed by atoms with Crippen molar-refractivity contribution in [3.05, 3.63) is 35.4 Å². The van der Waals surface area contributed by atoms with Crippen molar-refractivity contribution < 1.29 is 4.79 Å². The predicted octanol–water partition coefficient (Wildman–Crippen LogP) is 2.64. The third-order valence-electron chi connectivity index (χ3n) is 5.62. The zero-order valence-corrected chi connectivity index (χ0v) is 17.0. The third kappa shape index (κ3) is 5.10. The van der Waals surface area contributed by atoms with Gasteiger partial charge >= 0.3 is 0 Å². The van der Waals surface area contributed by atoms with Gasteiger partial charge in [0.2, 0.25) is 5.91 Å². The zero-order valence-electron chi connectivity index (χ0n) is 15.4. The van der Waals surface area contributed by atoms with Crippen LogP contribution < -0.4 is 10.6 Å². The lowest BCUT2D eigenvalue weighted by Gasteiger charge is -2.42. The Morgan fingerprint density at radius 2 is 1.92 bits per heavy atom. The van der Waals surface area contributed by atoms with Crippen LogP contribution in [0.1, 0.15) is 31.9 Å². The Balaban J connectivity index is 0.00000156. The Hall–Kier alpha value is -0.810. The lowest BCUT2D eigenvalue weighted by atomic mass is 9.88. The van der Waals surface area contributed by atoms with E-state index in [4.69, 9.17) is 0 Å². The van der Waals surface area contributed by atoms with Crippen molar-refractivity contribution in [3.63, 3.8) is 0 Å². The summed E-state index contributed by atoms with van der Waals surface area (Å²) in [6, 6.07) is 8.69. The molecular formula is C19H31Cl2N3O. The summed E-state index contributed by atoms with van der Waals surface area (Å²) in [6.07, 6.45) is 1.09. The van der Waals surface area contributed by atoms with Crippen LogP contribution in [-0.2, 0) is 17.8 Å². The van der Waals surface area contributed by atoms with Gasteiger partial charge in [0.05, 0.1) is 0 Å². The monoisotopic (exact) mass is 387 g/mol. The fourth-order valence-electron chi connectivity index (χ4n) is 3.47. The number of halogens is 2. The van der Waals surface area contributed by atoms with E-state index in [-0.39, 0.29) is 42.2 Å². The molecule has 0 saturated carbocycles. The first kappa shape index (κ1) is 22.2. The highest BCUT2D eigenvalue weighted by molar-refractivity contribution is 5.85. The van der Waals surface area contributed by atoms with Gasteiger partial charge in [0.1, 0.15) is 0 Å². The van der Waals surface area contributed by atoms with Crippen molar-refractivity contribution in [3.8, 4) is 0 Å².